The first-order chi connectivity index (χ1) is 9.14. The van der Waals surface area contributed by atoms with Crippen LogP contribution in [0.1, 0.15) is 48.0 Å². The topological polar surface area (TPSA) is 9.23 Å². The third kappa shape index (κ3) is 3.14. The summed E-state index contributed by atoms with van der Waals surface area (Å²) in [6, 6.07) is 3.91. The maximum atomic E-state index is 6.56. The fourth-order valence-electron chi connectivity index (χ4n) is 2.82. The van der Waals surface area contributed by atoms with Gasteiger partial charge in [0.05, 0.1) is 10.8 Å². The average Bonchev–Trinajstić information content (AvgIpc) is 2.40. The maximum absolute atomic E-state index is 6.56. The van der Waals surface area contributed by atoms with Crippen LogP contribution in [0.4, 0.5) is 0 Å². The zero-order valence-corrected chi connectivity index (χ0v) is 16.9. The Kier molecular flexibility index (Phi) is 5.53. The molecule has 0 radical (unpaired) electrons. The predicted octanol–water partition coefficient (Wildman–Crippen LogP) is 6.27. The molecular formula is C17H34OSi2. The molecule has 0 spiro atoms. The third-order valence-electron chi connectivity index (χ3n) is 5.87. The molecule has 0 aromatic rings. The SMILES string of the molecule is CC[Si](CC)(CC)C1=CCC=C([Si](C)(C)C(C)(C)C)O1. The van der Waals surface area contributed by atoms with Gasteiger partial charge in [-0.2, -0.15) is 0 Å². The molecule has 0 aliphatic carbocycles. The lowest BCUT2D eigenvalue weighted by atomic mass is 10.2. The highest BCUT2D eigenvalue weighted by atomic mass is 28.3. The summed E-state index contributed by atoms with van der Waals surface area (Å²) < 4.78 is 6.56. The van der Waals surface area contributed by atoms with Gasteiger partial charge >= 0.3 is 0 Å². The first kappa shape index (κ1) is 17.8. The molecule has 0 atom stereocenters. The summed E-state index contributed by atoms with van der Waals surface area (Å²) in [5, 5.41) is 3.05. The molecule has 0 saturated heterocycles. The molecule has 0 N–H and O–H groups in total. The lowest BCUT2D eigenvalue weighted by molar-refractivity contribution is 0.339. The van der Waals surface area contributed by atoms with Crippen LogP contribution in [0.5, 0.6) is 0 Å². The van der Waals surface area contributed by atoms with Gasteiger partial charge in [0.2, 0.25) is 0 Å². The molecule has 3 heteroatoms. The van der Waals surface area contributed by atoms with Crippen LogP contribution in [-0.4, -0.2) is 16.1 Å². The second-order valence-corrected chi connectivity index (χ2v) is 18.1. The van der Waals surface area contributed by atoms with Crippen LogP contribution >= 0.6 is 0 Å². The van der Waals surface area contributed by atoms with Crippen molar-refractivity contribution in [1.82, 2.24) is 0 Å². The highest BCUT2D eigenvalue weighted by molar-refractivity contribution is 6.88. The summed E-state index contributed by atoms with van der Waals surface area (Å²) in [6.07, 6.45) is 5.80. The fourth-order valence-corrected chi connectivity index (χ4v) is 8.08. The Hall–Kier alpha value is -0.286. The molecule has 116 valence electrons. The van der Waals surface area contributed by atoms with Crippen molar-refractivity contribution in [2.75, 3.05) is 0 Å². The lowest BCUT2D eigenvalue weighted by Crippen LogP contribution is -2.44. The number of hydrogen-bond acceptors (Lipinski definition) is 1. The van der Waals surface area contributed by atoms with Gasteiger partial charge in [-0.05, 0) is 23.6 Å². The Morgan fingerprint density at radius 2 is 1.40 bits per heavy atom. The Morgan fingerprint density at radius 1 is 0.950 bits per heavy atom. The number of allylic oxidation sites excluding steroid dienone is 2. The molecule has 0 bridgehead atoms. The summed E-state index contributed by atoms with van der Waals surface area (Å²) in [4.78, 5) is 0. The summed E-state index contributed by atoms with van der Waals surface area (Å²) in [6.45, 7) is 19.1. The minimum Gasteiger partial charge on any atom is -0.477 e. The smallest absolute Gasteiger partial charge is 0.131 e. The van der Waals surface area contributed by atoms with Gasteiger partial charge in [0.15, 0.2) is 0 Å². The van der Waals surface area contributed by atoms with Crippen molar-refractivity contribution in [2.24, 2.45) is 0 Å². The Bertz CT molecular complexity index is 371. The normalized spacial score (nSPS) is 17.4. The molecule has 1 nitrogen and oxygen atoms in total. The van der Waals surface area contributed by atoms with Crippen molar-refractivity contribution in [3.63, 3.8) is 0 Å². The van der Waals surface area contributed by atoms with E-state index in [4.69, 9.17) is 4.74 Å². The number of hydrogen-bond donors (Lipinski definition) is 0. The molecule has 1 aliphatic rings. The van der Waals surface area contributed by atoms with Crippen molar-refractivity contribution >= 4 is 16.1 Å². The molecule has 0 saturated carbocycles. The van der Waals surface area contributed by atoms with E-state index in [1.54, 1.807) is 0 Å². The Balaban J connectivity index is 3.04. The highest BCUT2D eigenvalue weighted by Gasteiger charge is 2.43. The number of rotatable bonds is 5. The summed E-state index contributed by atoms with van der Waals surface area (Å²) >= 11 is 0. The maximum Gasteiger partial charge on any atom is 0.131 e. The van der Waals surface area contributed by atoms with Crippen molar-refractivity contribution in [3.8, 4) is 0 Å². The molecule has 0 unspecified atom stereocenters. The molecule has 20 heavy (non-hydrogen) atoms. The zero-order valence-electron chi connectivity index (χ0n) is 14.9. The van der Waals surface area contributed by atoms with Gasteiger partial charge in [-0.1, -0.05) is 72.8 Å². The van der Waals surface area contributed by atoms with E-state index in [0.29, 0.717) is 5.04 Å². The van der Waals surface area contributed by atoms with Gasteiger partial charge < -0.3 is 4.74 Å². The van der Waals surface area contributed by atoms with Crippen LogP contribution in [0.2, 0.25) is 36.3 Å². The molecule has 1 heterocycles. The number of ether oxygens (including phenoxy) is 1. The quantitative estimate of drug-likeness (QED) is 0.544. The molecule has 0 aromatic heterocycles. The standard InChI is InChI=1S/C17H34OSi2/c1-9-20(10-2,11-3)16-14-12-13-15(18-16)19(7,8)17(4,5)6/h13-14H,9-12H2,1-8H3. The van der Waals surface area contributed by atoms with E-state index in [9.17, 15) is 0 Å². The molecule has 1 aliphatic heterocycles. The molecule has 0 amide bonds. The van der Waals surface area contributed by atoms with Crippen LogP contribution < -0.4 is 0 Å². The van der Waals surface area contributed by atoms with Crippen LogP contribution in [0.15, 0.2) is 22.9 Å². The van der Waals surface area contributed by atoms with E-state index in [1.165, 1.54) is 28.9 Å². The van der Waals surface area contributed by atoms with Crippen molar-refractivity contribution in [2.45, 2.75) is 84.2 Å². The van der Waals surface area contributed by atoms with Gasteiger partial charge in [-0.25, -0.2) is 0 Å². The van der Waals surface area contributed by atoms with Crippen molar-refractivity contribution in [3.05, 3.63) is 22.9 Å². The van der Waals surface area contributed by atoms with Gasteiger partial charge in [0, 0.05) is 0 Å². The van der Waals surface area contributed by atoms with Crippen molar-refractivity contribution < 1.29 is 4.74 Å². The van der Waals surface area contributed by atoms with Crippen molar-refractivity contribution in [1.29, 1.82) is 0 Å². The Morgan fingerprint density at radius 3 is 1.80 bits per heavy atom. The molecule has 1 rings (SSSR count). The summed E-state index contributed by atoms with van der Waals surface area (Å²) in [5.74, 6) is 0. The zero-order chi connectivity index (χ0) is 15.6. The largest absolute Gasteiger partial charge is 0.477 e. The monoisotopic (exact) mass is 310 g/mol. The summed E-state index contributed by atoms with van der Waals surface area (Å²) in [7, 11) is -2.92. The van der Waals surface area contributed by atoms with E-state index >= 15 is 0 Å². The Labute approximate surface area is 128 Å². The minimum atomic E-state index is -1.54. The van der Waals surface area contributed by atoms with E-state index in [-0.39, 0.29) is 0 Å². The second kappa shape index (κ2) is 6.22. The van der Waals surface area contributed by atoms with Gasteiger partial charge in [0.25, 0.3) is 0 Å². The second-order valence-electron chi connectivity index (χ2n) is 7.69. The highest BCUT2D eigenvalue weighted by Crippen LogP contribution is 2.44. The van der Waals surface area contributed by atoms with Gasteiger partial charge in [-0.15, -0.1) is 0 Å². The molecule has 0 aromatic carbocycles. The lowest BCUT2D eigenvalue weighted by Gasteiger charge is -2.42. The van der Waals surface area contributed by atoms with Crippen LogP contribution in [0, 0.1) is 0 Å². The fraction of sp³-hybridized carbons (Fsp3) is 0.765. The summed E-state index contributed by atoms with van der Waals surface area (Å²) in [5.41, 5.74) is 0. The van der Waals surface area contributed by atoms with Crippen LogP contribution in [-0.2, 0) is 4.74 Å². The first-order valence-corrected chi connectivity index (χ1v) is 13.9. The van der Waals surface area contributed by atoms with Crippen LogP contribution in [0.25, 0.3) is 0 Å². The van der Waals surface area contributed by atoms with Crippen LogP contribution in [0.3, 0.4) is 0 Å². The molecule has 0 fully saturated rings. The van der Waals surface area contributed by atoms with Gasteiger partial charge in [-0.3, -0.25) is 0 Å². The van der Waals surface area contributed by atoms with E-state index in [2.05, 4.69) is 66.8 Å². The first-order valence-electron chi connectivity index (χ1n) is 8.23. The predicted molar refractivity (Wildman–Crippen MR) is 96.3 cm³/mol. The third-order valence-corrected chi connectivity index (χ3v) is 16.6. The van der Waals surface area contributed by atoms with E-state index in [0.717, 1.165) is 6.42 Å². The minimum absolute atomic E-state index is 0.343. The van der Waals surface area contributed by atoms with E-state index in [1.807, 2.05) is 0 Å². The average molecular weight is 311 g/mol. The van der Waals surface area contributed by atoms with Gasteiger partial charge in [0.1, 0.15) is 16.1 Å². The molecular weight excluding hydrogens is 276 g/mol. The van der Waals surface area contributed by atoms with E-state index < -0.39 is 16.1 Å².